The van der Waals surface area contributed by atoms with E-state index >= 15 is 0 Å². The van der Waals surface area contributed by atoms with Crippen molar-refractivity contribution in [2.75, 3.05) is 36.9 Å². The molecule has 0 unspecified atom stereocenters. The van der Waals surface area contributed by atoms with Crippen LogP contribution in [-0.2, 0) is 4.74 Å². The summed E-state index contributed by atoms with van der Waals surface area (Å²) in [4.78, 5) is 4.30. The van der Waals surface area contributed by atoms with Crippen molar-refractivity contribution >= 4 is 11.5 Å². The van der Waals surface area contributed by atoms with Gasteiger partial charge in [-0.05, 0) is 31.2 Å². The number of nitrogens with one attached hydrogen (secondary N) is 2. The average molecular weight is 249 g/mol. The zero-order valence-corrected chi connectivity index (χ0v) is 11.1. The molecule has 2 rings (SSSR count). The summed E-state index contributed by atoms with van der Waals surface area (Å²) >= 11 is 0. The molecule has 0 aliphatic carbocycles. The first-order valence-corrected chi connectivity index (χ1v) is 6.90. The number of nitrogens with zero attached hydrogens (tertiary/aromatic N) is 1. The van der Waals surface area contributed by atoms with E-state index in [1.54, 1.807) is 0 Å². The van der Waals surface area contributed by atoms with Crippen LogP contribution in [0.15, 0.2) is 18.3 Å². The van der Waals surface area contributed by atoms with Gasteiger partial charge in [0, 0.05) is 44.3 Å². The highest BCUT2D eigenvalue weighted by Crippen LogP contribution is 2.17. The van der Waals surface area contributed by atoms with Gasteiger partial charge in [-0.3, -0.25) is 0 Å². The normalized spacial score (nSPS) is 16.5. The summed E-state index contributed by atoms with van der Waals surface area (Å²) in [6, 6.07) is 4.10. The van der Waals surface area contributed by atoms with Gasteiger partial charge in [0.25, 0.3) is 0 Å². The number of ether oxygens (including phenoxy) is 1. The van der Waals surface area contributed by atoms with Crippen LogP contribution < -0.4 is 10.6 Å². The van der Waals surface area contributed by atoms with Crippen molar-refractivity contribution in [3.63, 3.8) is 0 Å². The van der Waals surface area contributed by atoms with Crippen LogP contribution in [0.4, 0.5) is 11.5 Å². The van der Waals surface area contributed by atoms with E-state index in [0.717, 1.165) is 50.1 Å². The second kappa shape index (κ2) is 7.21. The van der Waals surface area contributed by atoms with Crippen LogP contribution in [0.1, 0.15) is 26.2 Å². The molecule has 1 aromatic rings. The molecule has 0 radical (unpaired) electrons. The maximum absolute atomic E-state index is 5.37. The summed E-state index contributed by atoms with van der Waals surface area (Å²) in [6.45, 7) is 5.97. The van der Waals surface area contributed by atoms with Gasteiger partial charge in [0.2, 0.25) is 0 Å². The highest BCUT2D eigenvalue weighted by Gasteiger charge is 2.13. The molecule has 1 saturated heterocycles. The number of hydrogen-bond acceptors (Lipinski definition) is 4. The Morgan fingerprint density at radius 2 is 2.17 bits per heavy atom. The Bertz CT molecular complexity index is 351. The lowest BCUT2D eigenvalue weighted by molar-refractivity contribution is 0.0699. The summed E-state index contributed by atoms with van der Waals surface area (Å²) in [7, 11) is 0. The van der Waals surface area contributed by atoms with E-state index in [2.05, 4.69) is 28.6 Å². The molecule has 100 valence electrons. The second-order valence-corrected chi connectivity index (χ2v) is 4.79. The SMILES string of the molecule is CCCNc1cc(NCC2CCOCC2)ccn1. The first kappa shape index (κ1) is 13.1. The fourth-order valence-electron chi connectivity index (χ4n) is 2.10. The molecule has 4 heteroatoms. The van der Waals surface area contributed by atoms with E-state index in [-0.39, 0.29) is 0 Å². The van der Waals surface area contributed by atoms with Gasteiger partial charge in [0.1, 0.15) is 5.82 Å². The summed E-state index contributed by atoms with van der Waals surface area (Å²) in [5, 5.41) is 6.80. The second-order valence-electron chi connectivity index (χ2n) is 4.79. The minimum absolute atomic E-state index is 0.735. The summed E-state index contributed by atoms with van der Waals surface area (Å²) in [5.41, 5.74) is 1.15. The minimum Gasteiger partial charge on any atom is -0.385 e. The molecular weight excluding hydrogens is 226 g/mol. The predicted molar refractivity (Wildman–Crippen MR) is 75.1 cm³/mol. The lowest BCUT2D eigenvalue weighted by Crippen LogP contribution is -2.22. The van der Waals surface area contributed by atoms with Gasteiger partial charge in [-0.15, -0.1) is 0 Å². The van der Waals surface area contributed by atoms with Crippen molar-refractivity contribution in [2.24, 2.45) is 5.92 Å². The molecule has 1 fully saturated rings. The third-order valence-corrected chi connectivity index (χ3v) is 3.25. The molecule has 0 amide bonds. The summed E-state index contributed by atoms with van der Waals surface area (Å²) in [6.07, 6.45) is 5.30. The van der Waals surface area contributed by atoms with Crippen LogP contribution in [0.5, 0.6) is 0 Å². The number of hydrogen-bond donors (Lipinski definition) is 2. The predicted octanol–water partition coefficient (Wildman–Crippen LogP) is 2.74. The van der Waals surface area contributed by atoms with E-state index in [9.17, 15) is 0 Å². The number of aromatic nitrogens is 1. The van der Waals surface area contributed by atoms with Gasteiger partial charge in [-0.1, -0.05) is 6.92 Å². The molecule has 2 heterocycles. The highest BCUT2D eigenvalue weighted by atomic mass is 16.5. The fraction of sp³-hybridized carbons (Fsp3) is 0.643. The van der Waals surface area contributed by atoms with E-state index < -0.39 is 0 Å². The Balaban J connectivity index is 1.80. The molecule has 0 atom stereocenters. The zero-order chi connectivity index (χ0) is 12.6. The minimum atomic E-state index is 0.735. The molecule has 18 heavy (non-hydrogen) atoms. The van der Waals surface area contributed by atoms with E-state index in [0.29, 0.717) is 0 Å². The lowest BCUT2D eigenvalue weighted by Gasteiger charge is -2.22. The molecule has 0 spiro atoms. The summed E-state index contributed by atoms with van der Waals surface area (Å²) in [5.74, 6) is 1.69. The maximum atomic E-state index is 5.37. The largest absolute Gasteiger partial charge is 0.385 e. The third kappa shape index (κ3) is 4.18. The number of anilines is 2. The van der Waals surface area contributed by atoms with Crippen molar-refractivity contribution in [3.8, 4) is 0 Å². The third-order valence-electron chi connectivity index (χ3n) is 3.25. The van der Waals surface area contributed by atoms with Gasteiger partial charge >= 0.3 is 0 Å². The van der Waals surface area contributed by atoms with E-state index in [1.165, 1.54) is 12.8 Å². The van der Waals surface area contributed by atoms with Crippen molar-refractivity contribution in [1.82, 2.24) is 4.98 Å². The van der Waals surface area contributed by atoms with Gasteiger partial charge in [0.05, 0.1) is 0 Å². The summed E-state index contributed by atoms with van der Waals surface area (Å²) < 4.78 is 5.37. The van der Waals surface area contributed by atoms with Crippen molar-refractivity contribution in [1.29, 1.82) is 0 Å². The van der Waals surface area contributed by atoms with Crippen molar-refractivity contribution in [3.05, 3.63) is 18.3 Å². The first-order chi connectivity index (χ1) is 8.88. The Morgan fingerprint density at radius 3 is 2.94 bits per heavy atom. The van der Waals surface area contributed by atoms with E-state index in [1.807, 2.05) is 12.3 Å². The first-order valence-electron chi connectivity index (χ1n) is 6.90. The Morgan fingerprint density at radius 1 is 1.33 bits per heavy atom. The Hall–Kier alpha value is -1.29. The number of rotatable bonds is 6. The molecule has 0 aromatic carbocycles. The van der Waals surface area contributed by atoms with Crippen LogP contribution in [-0.4, -0.2) is 31.3 Å². The monoisotopic (exact) mass is 249 g/mol. The molecular formula is C14H23N3O. The van der Waals surface area contributed by atoms with Gasteiger partial charge < -0.3 is 15.4 Å². The molecule has 1 aromatic heterocycles. The quantitative estimate of drug-likeness (QED) is 0.814. The molecule has 1 aliphatic rings. The highest BCUT2D eigenvalue weighted by molar-refractivity contribution is 5.51. The lowest BCUT2D eigenvalue weighted by atomic mass is 10.0. The van der Waals surface area contributed by atoms with Gasteiger partial charge in [-0.2, -0.15) is 0 Å². The van der Waals surface area contributed by atoms with Crippen LogP contribution in [0.2, 0.25) is 0 Å². The van der Waals surface area contributed by atoms with E-state index in [4.69, 9.17) is 4.74 Å². The average Bonchev–Trinajstić information content (AvgIpc) is 2.44. The molecule has 0 saturated carbocycles. The zero-order valence-electron chi connectivity index (χ0n) is 11.1. The molecule has 1 aliphatic heterocycles. The Kier molecular flexibility index (Phi) is 5.27. The molecule has 0 bridgehead atoms. The van der Waals surface area contributed by atoms with Crippen molar-refractivity contribution in [2.45, 2.75) is 26.2 Å². The van der Waals surface area contributed by atoms with Crippen LogP contribution in [0, 0.1) is 5.92 Å². The standard InChI is InChI=1S/C14H23N3O/c1-2-6-15-14-10-13(3-7-16-14)17-11-12-4-8-18-9-5-12/h3,7,10,12H,2,4-6,8-9,11H2,1H3,(H2,15,16,17). The smallest absolute Gasteiger partial charge is 0.127 e. The van der Waals surface area contributed by atoms with Gasteiger partial charge in [0.15, 0.2) is 0 Å². The van der Waals surface area contributed by atoms with Gasteiger partial charge in [-0.25, -0.2) is 4.98 Å². The van der Waals surface area contributed by atoms with Crippen LogP contribution in [0.3, 0.4) is 0 Å². The molecule has 2 N–H and O–H groups in total. The van der Waals surface area contributed by atoms with Crippen LogP contribution >= 0.6 is 0 Å². The molecule has 4 nitrogen and oxygen atoms in total. The Labute approximate surface area is 109 Å². The topological polar surface area (TPSA) is 46.2 Å². The maximum Gasteiger partial charge on any atom is 0.127 e. The van der Waals surface area contributed by atoms with Crippen LogP contribution in [0.25, 0.3) is 0 Å². The number of pyridine rings is 1. The van der Waals surface area contributed by atoms with Crippen molar-refractivity contribution < 1.29 is 4.74 Å². The fourth-order valence-corrected chi connectivity index (χ4v) is 2.10.